The van der Waals surface area contributed by atoms with Crippen LogP contribution < -0.4 is 0 Å². The van der Waals surface area contributed by atoms with E-state index in [2.05, 4.69) is 11.9 Å². The van der Waals surface area contributed by atoms with Crippen molar-refractivity contribution in [3.8, 4) is 0 Å². The number of Topliss-reactive ketones (excluding diaryl/α,β-unsaturated/α-hetero) is 2. The molecule has 1 heterocycles. The lowest BCUT2D eigenvalue weighted by molar-refractivity contribution is -0.120. The van der Waals surface area contributed by atoms with Gasteiger partial charge < -0.3 is 5.11 Å². The highest BCUT2D eigenvalue weighted by Gasteiger charge is 2.14. The van der Waals surface area contributed by atoms with Crippen molar-refractivity contribution in [1.29, 1.82) is 0 Å². The van der Waals surface area contributed by atoms with Crippen molar-refractivity contribution in [3.63, 3.8) is 0 Å². The van der Waals surface area contributed by atoms with Crippen LogP contribution in [0.15, 0.2) is 23.9 Å². The first-order chi connectivity index (χ1) is 11.9. The zero-order chi connectivity index (χ0) is 18.8. The van der Waals surface area contributed by atoms with Gasteiger partial charge in [0.15, 0.2) is 5.78 Å². The van der Waals surface area contributed by atoms with Crippen LogP contribution in [0.3, 0.4) is 0 Å². The number of aromatic nitrogens is 1. The lowest BCUT2D eigenvalue weighted by Gasteiger charge is -2.07. The Morgan fingerprint density at radius 1 is 1.24 bits per heavy atom. The molecule has 1 aromatic rings. The number of carbonyl (C=O) groups is 3. The predicted molar refractivity (Wildman–Crippen MR) is 98.3 cm³/mol. The molecule has 134 valence electrons. The van der Waals surface area contributed by atoms with Gasteiger partial charge in [-0.05, 0) is 44.1 Å². The molecule has 0 spiro atoms. The summed E-state index contributed by atoms with van der Waals surface area (Å²) in [4.78, 5) is 39.5. The first-order valence-electron chi connectivity index (χ1n) is 8.48. The van der Waals surface area contributed by atoms with E-state index in [1.54, 1.807) is 18.2 Å². The molecule has 0 atom stereocenters. The summed E-state index contributed by atoms with van der Waals surface area (Å²) in [6.45, 7) is 5.28. The molecule has 0 amide bonds. The van der Waals surface area contributed by atoms with Gasteiger partial charge in [-0.1, -0.05) is 25.8 Å². The highest BCUT2D eigenvalue weighted by atomic mass is 16.4. The van der Waals surface area contributed by atoms with Gasteiger partial charge in [-0.3, -0.25) is 14.6 Å². The monoisotopic (exact) mass is 343 g/mol. The van der Waals surface area contributed by atoms with Crippen LogP contribution in [0.1, 0.15) is 74.5 Å². The quantitative estimate of drug-likeness (QED) is 0.505. The summed E-state index contributed by atoms with van der Waals surface area (Å²) in [5, 5.41) is 9.32. The summed E-state index contributed by atoms with van der Waals surface area (Å²) in [7, 11) is 0. The number of aromatic carboxylic acids is 1. The van der Waals surface area contributed by atoms with Gasteiger partial charge in [-0.15, -0.1) is 0 Å². The van der Waals surface area contributed by atoms with Crippen LogP contribution in [-0.2, 0) is 9.59 Å². The molecule has 1 aromatic heterocycles. The van der Waals surface area contributed by atoms with E-state index in [1.165, 1.54) is 19.2 Å². The Bertz CT molecular complexity index is 702. The summed E-state index contributed by atoms with van der Waals surface area (Å²) in [6.07, 6.45) is 9.57. The molecule has 0 unspecified atom stereocenters. The maximum atomic E-state index is 12.1. The number of carboxylic acids is 1. The molecule has 1 rings (SSSR count). The van der Waals surface area contributed by atoms with Gasteiger partial charge in [0, 0.05) is 24.6 Å². The van der Waals surface area contributed by atoms with Crippen molar-refractivity contribution in [3.05, 3.63) is 40.7 Å². The number of hydrogen-bond donors (Lipinski definition) is 1. The largest absolute Gasteiger partial charge is 0.478 e. The van der Waals surface area contributed by atoms with E-state index in [0.717, 1.165) is 19.3 Å². The number of nitrogens with zero attached hydrogens (tertiary/aromatic N) is 1. The third kappa shape index (κ3) is 6.83. The van der Waals surface area contributed by atoms with E-state index < -0.39 is 5.97 Å². The van der Waals surface area contributed by atoms with Gasteiger partial charge in [0.2, 0.25) is 0 Å². The van der Waals surface area contributed by atoms with E-state index in [4.69, 9.17) is 0 Å². The Morgan fingerprint density at radius 2 is 1.96 bits per heavy atom. The van der Waals surface area contributed by atoms with E-state index >= 15 is 0 Å². The van der Waals surface area contributed by atoms with Crippen molar-refractivity contribution in [2.45, 2.75) is 52.9 Å². The van der Waals surface area contributed by atoms with Gasteiger partial charge >= 0.3 is 5.97 Å². The van der Waals surface area contributed by atoms with E-state index in [1.807, 2.05) is 6.92 Å². The van der Waals surface area contributed by atoms with Crippen LogP contribution in [0.5, 0.6) is 0 Å². The molecule has 0 aliphatic carbocycles. The standard InChI is InChI=1S/C20H25NO4/c1-4-6-7-9-18(23)12-15(14(3)22)10-16-11-17(8-5-2)21-13-19(16)20(24)25/h5,8,10-11,13H,4,6-7,9,12H2,1-3H3,(H,24,25)/b8-5+,15-10+. The lowest BCUT2D eigenvalue weighted by atomic mass is 9.98. The van der Waals surface area contributed by atoms with Crippen molar-refractivity contribution < 1.29 is 19.5 Å². The van der Waals surface area contributed by atoms with E-state index in [-0.39, 0.29) is 23.6 Å². The highest BCUT2D eigenvalue weighted by Crippen LogP contribution is 2.18. The molecule has 0 saturated carbocycles. The molecule has 0 fully saturated rings. The molecule has 0 radical (unpaired) electrons. The number of allylic oxidation sites excluding steroid dienone is 2. The summed E-state index contributed by atoms with van der Waals surface area (Å²) < 4.78 is 0. The Hall–Kier alpha value is -2.56. The summed E-state index contributed by atoms with van der Waals surface area (Å²) in [5.41, 5.74) is 1.30. The molecule has 1 N–H and O–H groups in total. The number of hydrogen-bond acceptors (Lipinski definition) is 4. The number of carbonyl (C=O) groups excluding carboxylic acids is 2. The first kappa shape index (κ1) is 20.5. The SMILES string of the molecule is C/C=C/c1cc(/C=C(\CC(=O)CCCCC)C(C)=O)c(C(=O)O)cn1. The Kier molecular flexibility index (Phi) is 8.47. The van der Waals surface area contributed by atoms with Crippen molar-refractivity contribution in [2.24, 2.45) is 0 Å². The zero-order valence-electron chi connectivity index (χ0n) is 15.0. The third-order valence-corrected chi connectivity index (χ3v) is 3.75. The smallest absolute Gasteiger partial charge is 0.337 e. The topological polar surface area (TPSA) is 84.3 Å². The molecule has 0 saturated heterocycles. The lowest BCUT2D eigenvalue weighted by Crippen LogP contribution is -2.07. The maximum absolute atomic E-state index is 12.1. The molecule has 0 bridgehead atoms. The van der Waals surface area contributed by atoms with Crippen LogP contribution in [0.25, 0.3) is 12.2 Å². The molecule has 0 aliphatic rings. The van der Waals surface area contributed by atoms with Gasteiger partial charge in [-0.25, -0.2) is 4.79 Å². The normalized spacial score (nSPS) is 11.7. The van der Waals surface area contributed by atoms with E-state index in [0.29, 0.717) is 23.3 Å². The molecule has 25 heavy (non-hydrogen) atoms. The van der Waals surface area contributed by atoms with Crippen molar-refractivity contribution in [1.82, 2.24) is 4.98 Å². The number of carboxylic acid groups (broad SMARTS) is 1. The third-order valence-electron chi connectivity index (χ3n) is 3.75. The predicted octanol–water partition coefficient (Wildman–Crippen LogP) is 4.32. The van der Waals surface area contributed by atoms with Gasteiger partial charge in [0.25, 0.3) is 0 Å². The Labute approximate surface area is 148 Å². The van der Waals surface area contributed by atoms with Gasteiger partial charge in [0.05, 0.1) is 11.3 Å². The van der Waals surface area contributed by atoms with Crippen LogP contribution in [0.4, 0.5) is 0 Å². The zero-order valence-corrected chi connectivity index (χ0v) is 15.0. The van der Waals surface area contributed by atoms with Gasteiger partial charge in [0.1, 0.15) is 5.78 Å². The number of rotatable bonds is 10. The highest BCUT2D eigenvalue weighted by molar-refractivity contribution is 6.04. The van der Waals surface area contributed by atoms with Crippen LogP contribution in [0, 0.1) is 0 Å². The molecular formula is C20H25NO4. The van der Waals surface area contributed by atoms with Crippen molar-refractivity contribution in [2.75, 3.05) is 0 Å². The minimum atomic E-state index is -1.12. The maximum Gasteiger partial charge on any atom is 0.337 e. The molecule has 0 aromatic carbocycles. The van der Waals surface area contributed by atoms with Crippen LogP contribution >= 0.6 is 0 Å². The summed E-state index contributed by atoms with van der Waals surface area (Å²) in [5.74, 6) is -1.36. The molecular weight excluding hydrogens is 318 g/mol. The fraction of sp³-hybridized carbons (Fsp3) is 0.400. The fourth-order valence-corrected chi connectivity index (χ4v) is 2.39. The number of pyridine rings is 1. The van der Waals surface area contributed by atoms with Gasteiger partial charge in [-0.2, -0.15) is 0 Å². The Morgan fingerprint density at radius 3 is 2.52 bits per heavy atom. The minimum Gasteiger partial charge on any atom is -0.478 e. The summed E-state index contributed by atoms with van der Waals surface area (Å²) >= 11 is 0. The average Bonchev–Trinajstić information content (AvgIpc) is 2.54. The van der Waals surface area contributed by atoms with Crippen LogP contribution in [-0.4, -0.2) is 27.6 Å². The van der Waals surface area contributed by atoms with Crippen molar-refractivity contribution >= 4 is 29.7 Å². The van der Waals surface area contributed by atoms with E-state index in [9.17, 15) is 19.5 Å². The molecule has 0 aliphatic heterocycles. The fourth-order valence-electron chi connectivity index (χ4n) is 2.39. The number of unbranched alkanes of at least 4 members (excludes halogenated alkanes) is 2. The second-order valence-corrected chi connectivity index (χ2v) is 5.90. The minimum absolute atomic E-state index is 0.00503. The second kappa shape index (κ2) is 10.3. The van der Waals surface area contributed by atoms with Crippen LogP contribution in [0.2, 0.25) is 0 Å². The Balaban J connectivity index is 3.16. The first-order valence-corrected chi connectivity index (χ1v) is 8.48. The second-order valence-electron chi connectivity index (χ2n) is 5.90. The number of ketones is 2. The average molecular weight is 343 g/mol. The summed E-state index contributed by atoms with van der Waals surface area (Å²) in [6, 6.07) is 1.61. The molecule has 5 heteroatoms. The molecule has 5 nitrogen and oxygen atoms in total.